The molecule has 7 heteroatoms. The Hall–Kier alpha value is -1.57. The zero-order chi connectivity index (χ0) is 19.8. The number of nitrogens with zero attached hydrogens (tertiary/aromatic N) is 1. The van der Waals surface area contributed by atoms with E-state index in [9.17, 15) is 4.79 Å². The molecule has 0 N–H and O–H groups in total. The first-order valence-corrected chi connectivity index (χ1v) is 9.55. The van der Waals surface area contributed by atoms with Gasteiger partial charge in [-0.15, -0.1) is 0 Å². The van der Waals surface area contributed by atoms with Gasteiger partial charge < -0.3 is 23.7 Å². The van der Waals surface area contributed by atoms with E-state index in [4.69, 9.17) is 18.8 Å². The highest BCUT2D eigenvalue weighted by atomic mass is 16.7. The minimum absolute atomic E-state index is 0.0790. The third kappa shape index (κ3) is 4.15. The van der Waals surface area contributed by atoms with Crippen LogP contribution in [-0.4, -0.2) is 62.0 Å². The van der Waals surface area contributed by atoms with E-state index in [-0.39, 0.29) is 12.0 Å². The predicted molar refractivity (Wildman–Crippen MR) is 104 cm³/mol. The van der Waals surface area contributed by atoms with Crippen molar-refractivity contribution < 1.29 is 23.6 Å². The van der Waals surface area contributed by atoms with Crippen LogP contribution < -0.4 is 10.2 Å². The molecule has 6 nitrogen and oxygen atoms in total. The van der Waals surface area contributed by atoms with E-state index in [0.717, 1.165) is 11.0 Å². The van der Waals surface area contributed by atoms with E-state index in [2.05, 4.69) is 0 Å². The summed E-state index contributed by atoms with van der Waals surface area (Å²) < 4.78 is 23.3. The van der Waals surface area contributed by atoms with Crippen LogP contribution in [0.3, 0.4) is 0 Å². The van der Waals surface area contributed by atoms with Gasteiger partial charge in [-0.2, -0.15) is 0 Å². The summed E-state index contributed by atoms with van der Waals surface area (Å²) in [5.74, 6) is 0.767. The molecule has 0 aromatic heterocycles. The molecule has 1 amide bonds. The summed E-state index contributed by atoms with van der Waals surface area (Å²) in [5, 5.41) is 0. The minimum Gasteiger partial charge on any atom is -0.496 e. The highest BCUT2D eigenvalue weighted by molar-refractivity contribution is 6.62. The molecule has 2 heterocycles. The van der Waals surface area contributed by atoms with E-state index < -0.39 is 18.3 Å². The van der Waals surface area contributed by atoms with Crippen LogP contribution in [0.1, 0.15) is 40.2 Å². The third-order valence-corrected chi connectivity index (χ3v) is 5.77. The van der Waals surface area contributed by atoms with Gasteiger partial charge in [0.15, 0.2) is 0 Å². The molecular formula is C20H30BNO5. The maximum Gasteiger partial charge on any atom is 0.494 e. The third-order valence-electron chi connectivity index (χ3n) is 5.77. The van der Waals surface area contributed by atoms with E-state index >= 15 is 0 Å². The predicted octanol–water partition coefficient (Wildman–Crippen LogP) is 1.78. The van der Waals surface area contributed by atoms with Crippen LogP contribution >= 0.6 is 0 Å². The Morgan fingerprint density at radius 3 is 2.52 bits per heavy atom. The Bertz CT molecular complexity index is 690. The van der Waals surface area contributed by atoms with Crippen molar-refractivity contribution in [2.45, 2.75) is 58.3 Å². The lowest BCUT2D eigenvalue weighted by molar-refractivity contribution is -0.137. The lowest BCUT2D eigenvalue weighted by Crippen LogP contribution is -2.45. The van der Waals surface area contributed by atoms with Gasteiger partial charge in [-0.25, -0.2) is 0 Å². The molecule has 0 spiro atoms. The Balaban J connectivity index is 1.74. The van der Waals surface area contributed by atoms with Crippen LogP contribution in [0.4, 0.5) is 0 Å². The van der Waals surface area contributed by atoms with Crippen molar-refractivity contribution in [2.75, 3.05) is 26.8 Å². The zero-order valence-electron chi connectivity index (χ0n) is 17.2. The molecule has 1 unspecified atom stereocenters. The SMILES string of the molecule is COc1cc(B2OC(C)(C)C(C)(C)O2)ccc1CC(=O)N1CCOC(C)C1. The standard InChI is InChI=1S/C20H30BNO5/c1-14-13-22(9-10-25-14)18(23)11-15-7-8-16(12-17(15)24-6)21-26-19(2,3)20(4,5)27-21/h7-8,12,14H,9-11,13H2,1-6H3. The second kappa shape index (κ2) is 7.45. The van der Waals surface area contributed by atoms with E-state index in [1.807, 2.05) is 57.7 Å². The lowest BCUT2D eigenvalue weighted by Gasteiger charge is -2.32. The maximum absolute atomic E-state index is 12.7. The summed E-state index contributed by atoms with van der Waals surface area (Å²) in [7, 11) is 1.17. The maximum atomic E-state index is 12.7. The van der Waals surface area contributed by atoms with Gasteiger partial charge in [-0.1, -0.05) is 12.1 Å². The zero-order valence-corrected chi connectivity index (χ0v) is 17.2. The van der Waals surface area contributed by atoms with Gasteiger partial charge in [0.05, 0.1) is 37.4 Å². The quantitative estimate of drug-likeness (QED) is 0.751. The first-order valence-electron chi connectivity index (χ1n) is 9.55. The summed E-state index contributed by atoms with van der Waals surface area (Å²) in [6.45, 7) is 12.0. The number of carbonyl (C=O) groups is 1. The molecule has 2 saturated heterocycles. The van der Waals surface area contributed by atoms with Crippen LogP contribution in [0.25, 0.3) is 0 Å². The number of rotatable bonds is 4. The normalized spacial score (nSPS) is 24.1. The highest BCUT2D eigenvalue weighted by Gasteiger charge is 2.51. The Kier molecular flexibility index (Phi) is 5.57. The van der Waals surface area contributed by atoms with Crippen LogP contribution in [0.5, 0.6) is 5.75 Å². The number of hydrogen-bond donors (Lipinski definition) is 0. The largest absolute Gasteiger partial charge is 0.496 e. The highest BCUT2D eigenvalue weighted by Crippen LogP contribution is 2.36. The molecule has 1 atom stereocenters. The minimum atomic E-state index is -0.450. The molecule has 27 heavy (non-hydrogen) atoms. The molecule has 2 aliphatic rings. The van der Waals surface area contributed by atoms with Gasteiger partial charge >= 0.3 is 7.12 Å². The summed E-state index contributed by atoms with van der Waals surface area (Å²) in [6, 6.07) is 5.79. The van der Waals surface area contributed by atoms with E-state index in [1.54, 1.807) is 7.11 Å². The van der Waals surface area contributed by atoms with Crippen LogP contribution in [0, 0.1) is 0 Å². The molecule has 1 aromatic carbocycles. The molecule has 3 rings (SSSR count). The van der Waals surface area contributed by atoms with Crippen LogP contribution in [0.15, 0.2) is 18.2 Å². The van der Waals surface area contributed by atoms with Gasteiger partial charge in [-0.05, 0) is 46.1 Å². The first-order chi connectivity index (χ1) is 12.6. The van der Waals surface area contributed by atoms with Crippen molar-refractivity contribution in [3.05, 3.63) is 23.8 Å². The van der Waals surface area contributed by atoms with Crippen LogP contribution in [0.2, 0.25) is 0 Å². The summed E-state index contributed by atoms with van der Waals surface area (Å²) >= 11 is 0. The molecule has 0 radical (unpaired) electrons. The van der Waals surface area contributed by atoms with Gasteiger partial charge in [0.2, 0.25) is 5.91 Å². The fraction of sp³-hybridized carbons (Fsp3) is 0.650. The number of hydrogen-bond acceptors (Lipinski definition) is 5. The number of ether oxygens (including phenoxy) is 2. The second-order valence-electron chi connectivity index (χ2n) is 8.36. The second-order valence-corrected chi connectivity index (χ2v) is 8.36. The molecule has 2 fully saturated rings. The van der Waals surface area contributed by atoms with Gasteiger partial charge in [-0.3, -0.25) is 4.79 Å². The Labute approximate surface area is 162 Å². The number of carbonyl (C=O) groups excluding carboxylic acids is 1. The molecule has 148 valence electrons. The van der Waals surface area contributed by atoms with Crippen molar-refractivity contribution in [2.24, 2.45) is 0 Å². The molecule has 0 aliphatic carbocycles. The van der Waals surface area contributed by atoms with Crippen molar-refractivity contribution in [1.29, 1.82) is 0 Å². The van der Waals surface area contributed by atoms with Crippen molar-refractivity contribution in [1.82, 2.24) is 4.90 Å². The van der Waals surface area contributed by atoms with Crippen molar-refractivity contribution in [3.63, 3.8) is 0 Å². The average Bonchev–Trinajstić information content (AvgIpc) is 2.83. The summed E-state index contributed by atoms with van der Waals surface area (Å²) in [5.41, 5.74) is 0.961. The summed E-state index contributed by atoms with van der Waals surface area (Å²) in [6.07, 6.45) is 0.384. The molecule has 2 aliphatic heterocycles. The fourth-order valence-electron chi connectivity index (χ4n) is 3.35. The van der Waals surface area contributed by atoms with Crippen molar-refractivity contribution in [3.8, 4) is 5.75 Å². The van der Waals surface area contributed by atoms with Gasteiger partial charge in [0.1, 0.15) is 5.75 Å². The van der Waals surface area contributed by atoms with E-state index in [1.165, 1.54) is 0 Å². The number of amides is 1. The molecular weight excluding hydrogens is 345 g/mol. The smallest absolute Gasteiger partial charge is 0.494 e. The summed E-state index contributed by atoms with van der Waals surface area (Å²) in [4.78, 5) is 14.5. The van der Waals surface area contributed by atoms with Gasteiger partial charge in [0, 0.05) is 18.7 Å². The Morgan fingerprint density at radius 1 is 1.26 bits per heavy atom. The molecule has 1 aromatic rings. The lowest BCUT2D eigenvalue weighted by atomic mass is 9.78. The first kappa shape index (κ1) is 20.2. The monoisotopic (exact) mass is 375 g/mol. The van der Waals surface area contributed by atoms with Crippen LogP contribution in [-0.2, 0) is 25.3 Å². The molecule has 0 saturated carbocycles. The van der Waals surface area contributed by atoms with Gasteiger partial charge in [0.25, 0.3) is 0 Å². The van der Waals surface area contributed by atoms with E-state index in [0.29, 0.717) is 31.9 Å². The topological polar surface area (TPSA) is 57.2 Å². The average molecular weight is 375 g/mol. The fourth-order valence-corrected chi connectivity index (χ4v) is 3.35. The Morgan fingerprint density at radius 2 is 1.93 bits per heavy atom. The number of benzene rings is 1. The molecule has 0 bridgehead atoms. The van der Waals surface area contributed by atoms with Crippen molar-refractivity contribution >= 4 is 18.5 Å². The number of morpholine rings is 1. The number of methoxy groups -OCH3 is 1.